The highest BCUT2D eigenvalue weighted by Gasteiger charge is 2.26. The summed E-state index contributed by atoms with van der Waals surface area (Å²) in [4.78, 5) is 32.2. The smallest absolute Gasteiger partial charge is 0.255 e. The summed E-state index contributed by atoms with van der Waals surface area (Å²) < 4.78 is 0. The molecule has 0 unspecified atom stereocenters. The van der Waals surface area contributed by atoms with Gasteiger partial charge in [0.2, 0.25) is 5.91 Å². The zero-order valence-electron chi connectivity index (χ0n) is 16.1. The fourth-order valence-electron chi connectivity index (χ4n) is 3.59. The van der Waals surface area contributed by atoms with E-state index in [4.69, 9.17) is 0 Å². The van der Waals surface area contributed by atoms with Crippen molar-refractivity contribution < 1.29 is 9.59 Å². The molecule has 0 atom stereocenters. The molecule has 0 bridgehead atoms. The summed E-state index contributed by atoms with van der Waals surface area (Å²) in [5.74, 6) is 0.186. The van der Waals surface area contributed by atoms with E-state index in [-0.39, 0.29) is 11.8 Å². The number of hydrogen-bond donors (Lipinski definition) is 1. The van der Waals surface area contributed by atoms with Crippen LogP contribution in [0, 0.1) is 27.7 Å². The average molecular weight is 353 g/mol. The molecule has 1 saturated heterocycles. The zero-order chi connectivity index (χ0) is 18.8. The van der Waals surface area contributed by atoms with E-state index in [1.54, 1.807) is 0 Å². The fraction of sp³-hybridized carbons (Fsp3) is 0.429. The molecule has 0 saturated carbocycles. The maximum absolute atomic E-state index is 12.7. The van der Waals surface area contributed by atoms with Crippen LogP contribution in [0.2, 0.25) is 0 Å². The SMILES string of the molecule is Cc1ccc(CC(=O)N2CCN(C(=O)c3cc(C)[nH]c3C)CC2)c(C)c1. The number of amides is 2. The summed E-state index contributed by atoms with van der Waals surface area (Å²) in [5, 5.41) is 0. The number of rotatable bonds is 3. The average Bonchev–Trinajstić information content (AvgIpc) is 2.95. The maximum Gasteiger partial charge on any atom is 0.255 e. The maximum atomic E-state index is 12.7. The van der Waals surface area contributed by atoms with Gasteiger partial charge in [-0.2, -0.15) is 0 Å². The minimum Gasteiger partial charge on any atom is -0.362 e. The fourth-order valence-corrected chi connectivity index (χ4v) is 3.59. The first-order valence-electron chi connectivity index (χ1n) is 9.14. The topological polar surface area (TPSA) is 56.4 Å². The van der Waals surface area contributed by atoms with E-state index in [2.05, 4.69) is 18.0 Å². The number of hydrogen-bond acceptors (Lipinski definition) is 2. The van der Waals surface area contributed by atoms with Crippen LogP contribution in [0.3, 0.4) is 0 Å². The molecule has 1 fully saturated rings. The number of nitrogens with one attached hydrogen (secondary N) is 1. The molecule has 3 rings (SSSR count). The van der Waals surface area contributed by atoms with E-state index in [1.165, 1.54) is 5.56 Å². The first-order valence-corrected chi connectivity index (χ1v) is 9.14. The monoisotopic (exact) mass is 353 g/mol. The van der Waals surface area contributed by atoms with Crippen LogP contribution >= 0.6 is 0 Å². The molecule has 2 amide bonds. The van der Waals surface area contributed by atoms with Gasteiger partial charge in [-0.1, -0.05) is 23.8 Å². The minimum absolute atomic E-state index is 0.0494. The number of aromatic amines is 1. The lowest BCUT2D eigenvalue weighted by Crippen LogP contribution is -2.51. The summed E-state index contributed by atoms with van der Waals surface area (Å²) in [7, 11) is 0. The van der Waals surface area contributed by atoms with Crippen LogP contribution in [-0.2, 0) is 11.2 Å². The van der Waals surface area contributed by atoms with Crippen molar-refractivity contribution in [2.24, 2.45) is 0 Å². The van der Waals surface area contributed by atoms with E-state index in [0.29, 0.717) is 32.6 Å². The van der Waals surface area contributed by atoms with Crippen molar-refractivity contribution in [2.75, 3.05) is 26.2 Å². The van der Waals surface area contributed by atoms with Gasteiger partial charge in [0.15, 0.2) is 0 Å². The Hall–Kier alpha value is -2.56. The molecular formula is C21H27N3O2. The predicted molar refractivity (Wildman–Crippen MR) is 102 cm³/mol. The van der Waals surface area contributed by atoms with Crippen LogP contribution in [0.1, 0.15) is 38.4 Å². The van der Waals surface area contributed by atoms with E-state index < -0.39 is 0 Å². The van der Waals surface area contributed by atoms with Crippen molar-refractivity contribution in [3.63, 3.8) is 0 Å². The first kappa shape index (κ1) is 18.2. The summed E-state index contributed by atoms with van der Waals surface area (Å²) in [6.07, 6.45) is 0.427. The third-order valence-corrected chi connectivity index (χ3v) is 5.14. The van der Waals surface area contributed by atoms with Crippen LogP contribution in [-0.4, -0.2) is 52.8 Å². The molecule has 2 heterocycles. The molecule has 5 nitrogen and oxygen atoms in total. The Kier molecular flexibility index (Phi) is 5.16. The van der Waals surface area contributed by atoms with Crippen molar-refractivity contribution >= 4 is 11.8 Å². The highest BCUT2D eigenvalue weighted by molar-refractivity contribution is 5.95. The van der Waals surface area contributed by atoms with Crippen molar-refractivity contribution in [2.45, 2.75) is 34.1 Å². The summed E-state index contributed by atoms with van der Waals surface area (Å²) >= 11 is 0. The zero-order valence-corrected chi connectivity index (χ0v) is 16.1. The van der Waals surface area contributed by atoms with Gasteiger partial charge in [0, 0.05) is 37.6 Å². The number of benzene rings is 1. The first-order chi connectivity index (χ1) is 12.3. The van der Waals surface area contributed by atoms with Gasteiger partial charge in [0.1, 0.15) is 0 Å². The number of carbonyl (C=O) groups is 2. The summed E-state index contributed by atoms with van der Waals surface area (Å²) in [6.45, 7) is 10.3. The Morgan fingerprint density at radius 3 is 2.19 bits per heavy atom. The van der Waals surface area contributed by atoms with Crippen LogP contribution in [0.25, 0.3) is 0 Å². The minimum atomic E-state index is 0.0494. The van der Waals surface area contributed by atoms with E-state index in [0.717, 1.165) is 28.1 Å². The Morgan fingerprint density at radius 1 is 0.962 bits per heavy atom. The highest BCUT2D eigenvalue weighted by atomic mass is 16.2. The van der Waals surface area contributed by atoms with E-state index in [9.17, 15) is 9.59 Å². The number of aryl methyl sites for hydroxylation is 4. The molecule has 1 aliphatic rings. The van der Waals surface area contributed by atoms with Crippen LogP contribution in [0.5, 0.6) is 0 Å². The largest absolute Gasteiger partial charge is 0.362 e. The lowest BCUT2D eigenvalue weighted by molar-refractivity contribution is -0.131. The second-order valence-electron chi connectivity index (χ2n) is 7.27. The molecule has 26 heavy (non-hydrogen) atoms. The quantitative estimate of drug-likeness (QED) is 0.922. The number of aromatic nitrogens is 1. The van der Waals surface area contributed by atoms with E-state index in [1.807, 2.05) is 48.8 Å². The molecule has 1 N–H and O–H groups in total. The van der Waals surface area contributed by atoms with Gasteiger partial charge in [-0.3, -0.25) is 9.59 Å². The van der Waals surface area contributed by atoms with Crippen molar-refractivity contribution in [1.29, 1.82) is 0 Å². The molecule has 1 aromatic carbocycles. The Morgan fingerprint density at radius 2 is 1.62 bits per heavy atom. The third-order valence-electron chi connectivity index (χ3n) is 5.14. The van der Waals surface area contributed by atoms with Gasteiger partial charge in [-0.25, -0.2) is 0 Å². The Bertz CT molecular complexity index is 830. The number of H-pyrrole nitrogens is 1. The molecule has 0 radical (unpaired) electrons. The van der Waals surface area contributed by atoms with Gasteiger partial charge in [-0.05, 0) is 44.9 Å². The molecular weight excluding hydrogens is 326 g/mol. The molecule has 138 valence electrons. The molecule has 0 spiro atoms. The number of nitrogens with zero attached hydrogens (tertiary/aromatic N) is 2. The van der Waals surface area contributed by atoms with Gasteiger partial charge in [0.25, 0.3) is 5.91 Å². The second-order valence-corrected chi connectivity index (χ2v) is 7.27. The van der Waals surface area contributed by atoms with Gasteiger partial charge < -0.3 is 14.8 Å². The van der Waals surface area contributed by atoms with Crippen LogP contribution in [0.4, 0.5) is 0 Å². The van der Waals surface area contributed by atoms with Crippen LogP contribution in [0.15, 0.2) is 24.3 Å². The predicted octanol–water partition coefficient (Wildman–Crippen LogP) is 2.78. The molecule has 0 aliphatic carbocycles. The Labute approximate surface area is 155 Å². The molecule has 2 aromatic rings. The third kappa shape index (κ3) is 3.82. The van der Waals surface area contributed by atoms with Crippen molar-refractivity contribution in [3.05, 3.63) is 57.9 Å². The van der Waals surface area contributed by atoms with Crippen LogP contribution < -0.4 is 0 Å². The molecule has 5 heteroatoms. The summed E-state index contributed by atoms with van der Waals surface area (Å²) in [5.41, 5.74) is 6.08. The number of carbonyl (C=O) groups excluding carboxylic acids is 2. The highest BCUT2D eigenvalue weighted by Crippen LogP contribution is 2.16. The molecule has 1 aromatic heterocycles. The van der Waals surface area contributed by atoms with Gasteiger partial charge in [-0.15, -0.1) is 0 Å². The van der Waals surface area contributed by atoms with Gasteiger partial charge in [0.05, 0.1) is 12.0 Å². The number of piperazine rings is 1. The van der Waals surface area contributed by atoms with E-state index >= 15 is 0 Å². The summed E-state index contributed by atoms with van der Waals surface area (Å²) in [6, 6.07) is 8.10. The van der Waals surface area contributed by atoms with Crippen molar-refractivity contribution in [1.82, 2.24) is 14.8 Å². The lowest BCUT2D eigenvalue weighted by atomic mass is 10.0. The van der Waals surface area contributed by atoms with Gasteiger partial charge >= 0.3 is 0 Å². The normalized spacial score (nSPS) is 14.6. The molecule has 1 aliphatic heterocycles. The standard InChI is InChI=1S/C21H27N3O2/c1-14-5-6-18(15(2)11-14)13-20(25)23-7-9-24(10-8-23)21(26)19-12-16(3)22-17(19)4/h5-6,11-12,22H,7-10,13H2,1-4H3. The second kappa shape index (κ2) is 7.36. The van der Waals surface area contributed by atoms with Crippen molar-refractivity contribution in [3.8, 4) is 0 Å². The Balaban J connectivity index is 1.58. The lowest BCUT2D eigenvalue weighted by Gasteiger charge is -2.35.